The average molecular weight is 374 g/mol. The maximum absolute atomic E-state index is 12.1. The molecule has 1 aromatic carbocycles. The summed E-state index contributed by atoms with van der Waals surface area (Å²) in [6, 6.07) is 6.85. The highest BCUT2D eigenvalue weighted by atomic mass is 16.6. The molecule has 0 aliphatic rings. The van der Waals surface area contributed by atoms with Gasteiger partial charge in [0, 0.05) is 12.0 Å². The number of oxime groups is 1. The second-order valence-electron chi connectivity index (χ2n) is 5.79. The van der Waals surface area contributed by atoms with Crippen LogP contribution in [0.3, 0.4) is 0 Å². The molecule has 0 amide bonds. The number of carbonyl (C=O) groups excluding carboxylic acids is 1. The number of nitrogens with zero attached hydrogens (tertiary/aromatic N) is 2. The number of aliphatic hydroxyl groups excluding tert-OH is 1. The van der Waals surface area contributed by atoms with Crippen LogP contribution in [0.1, 0.15) is 37.6 Å². The largest absolute Gasteiger partial charge is 0.503 e. The molecule has 0 bridgehead atoms. The molecule has 0 aliphatic carbocycles. The smallest absolute Gasteiger partial charge is 0.341 e. The Kier molecular flexibility index (Phi) is 8.95. The van der Waals surface area contributed by atoms with E-state index in [1.54, 1.807) is 31.2 Å². The number of methoxy groups -OCH3 is 2. The molecule has 1 unspecified atom stereocenters. The first-order valence-electron chi connectivity index (χ1n) is 8.23. The molecule has 1 aromatic rings. The van der Waals surface area contributed by atoms with E-state index in [1.807, 2.05) is 6.92 Å². The Balaban J connectivity index is 3.34. The summed E-state index contributed by atoms with van der Waals surface area (Å²) >= 11 is 0. The van der Waals surface area contributed by atoms with Gasteiger partial charge in [-0.25, -0.2) is 4.79 Å². The lowest BCUT2D eigenvalue weighted by atomic mass is 9.99. The minimum absolute atomic E-state index is 0.176. The molecular weight excluding hydrogens is 348 g/mol. The first-order chi connectivity index (χ1) is 12.8. The van der Waals surface area contributed by atoms with Crippen molar-refractivity contribution >= 4 is 23.0 Å². The van der Waals surface area contributed by atoms with Crippen LogP contribution in [0.5, 0.6) is 0 Å². The van der Waals surface area contributed by atoms with Gasteiger partial charge in [0.15, 0.2) is 6.23 Å². The predicted molar refractivity (Wildman–Crippen MR) is 105 cm³/mol. The van der Waals surface area contributed by atoms with Crippen LogP contribution < -0.4 is 0 Å². The van der Waals surface area contributed by atoms with E-state index in [2.05, 4.69) is 16.7 Å². The third-order valence-electron chi connectivity index (χ3n) is 3.57. The van der Waals surface area contributed by atoms with Crippen molar-refractivity contribution in [2.45, 2.75) is 26.5 Å². The number of aliphatic hydroxyl groups is 1. The fraction of sp³-hybridized carbons (Fsp3) is 0.350. The molecule has 27 heavy (non-hydrogen) atoms. The zero-order chi connectivity index (χ0) is 20.4. The number of hydrogen-bond acceptors (Lipinski definition) is 7. The molecule has 0 aliphatic heterocycles. The van der Waals surface area contributed by atoms with E-state index >= 15 is 0 Å². The Morgan fingerprint density at radius 2 is 1.93 bits per heavy atom. The number of benzene rings is 1. The highest BCUT2D eigenvalue weighted by Crippen LogP contribution is 2.27. The molecule has 0 aromatic heterocycles. The first-order valence-corrected chi connectivity index (χ1v) is 8.23. The van der Waals surface area contributed by atoms with Crippen molar-refractivity contribution in [1.82, 2.24) is 0 Å². The molecule has 0 saturated heterocycles. The van der Waals surface area contributed by atoms with E-state index in [4.69, 9.17) is 14.3 Å². The van der Waals surface area contributed by atoms with Crippen LogP contribution in [-0.2, 0) is 19.1 Å². The molecule has 146 valence electrons. The van der Waals surface area contributed by atoms with Gasteiger partial charge in [0.2, 0.25) is 0 Å². The molecule has 0 fully saturated rings. The van der Waals surface area contributed by atoms with E-state index < -0.39 is 12.2 Å². The van der Waals surface area contributed by atoms with E-state index in [9.17, 15) is 9.90 Å². The number of esters is 1. The third kappa shape index (κ3) is 6.38. The van der Waals surface area contributed by atoms with Crippen molar-refractivity contribution < 1.29 is 24.2 Å². The van der Waals surface area contributed by atoms with Gasteiger partial charge in [-0.2, -0.15) is 0 Å². The fourth-order valence-electron chi connectivity index (χ4n) is 2.37. The van der Waals surface area contributed by atoms with E-state index in [0.717, 1.165) is 5.57 Å². The lowest BCUT2D eigenvalue weighted by Gasteiger charge is -2.15. The molecule has 1 N–H and O–H groups in total. The zero-order valence-corrected chi connectivity index (χ0v) is 16.4. The molecule has 0 heterocycles. The van der Waals surface area contributed by atoms with Gasteiger partial charge in [0.05, 0.1) is 26.2 Å². The minimum Gasteiger partial charge on any atom is -0.503 e. The summed E-state index contributed by atoms with van der Waals surface area (Å²) in [7, 11) is 4.14. The van der Waals surface area contributed by atoms with Crippen molar-refractivity contribution in [2.75, 3.05) is 21.3 Å². The topological polar surface area (TPSA) is 89.7 Å². The van der Waals surface area contributed by atoms with Gasteiger partial charge >= 0.3 is 5.97 Å². The van der Waals surface area contributed by atoms with Crippen molar-refractivity contribution in [3.63, 3.8) is 0 Å². The summed E-state index contributed by atoms with van der Waals surface area (Å²) in [6.45, 7) is 7.44. The summed E-state index contributed by atoms with van der Waals surface area (Å²) in [5, 5.41) is 14.6. The van der Waals surface area contributed by atoms with Crippen LogP contribution in [0.4, 0.5) is 0 Å². The lowest BCUT2D eigenvalue weighted by Crippen LogP contribution is -2.14. The van der Waals surface area contributed by atoms with Crippen molar-refractivity contribution in [1.29, 1.82) is 0 Å². The zero-order valence-electron chi connectivity index (χ0n) is 16.4. The van der Waals surface area contributed by atoms with E-state index in [-0.39, 0.29) is 5.57 Å². The molecule has 0 radical (unpaired) electrons. The van der Waals surface area contributed by atoms with Gasteiger partial charge in [0.25, 0.3) is 0 Å². The van der Waals surface area contributed by atoms with Crippen LogP contribution in [0.25, 0.3) is 5.57 Å². The van der Waals surface area contributed by atoms with Crippen LogP contribution in [0, 0.1) is 0 Å². The Morgan fingerprint density at radius 3 is 2.48 bits per heavy atom. The van der Waals surface area contributed by atoms with Crippen molar-refractivity contribution in [3.05, 3.63) is 53.8 Å². The number of carbonyl (C=O) groups is 1. The highest BCUT2D eigenvalue weighted by Gasteiger charge is 2.20. The first kappa shape index (κ1) is 22.1. The summed E-state index contributed by atoms with van der Waals surface area (Å²) < 4.78 is 9.78. The lowest BCUT2D eigenvalue weighted by molar-refractivity contribution is -0.133. The van der Waals surface area contributed by atoms with Gasteiger partial charge < -0.3 is 19.4 Å². The monoisotopic (exact) mass is 374 g/mol. The summed E-state index contributed by atoms with van der Waals surface area (Å²) in [6.07, 6.45) is 0.514. The Bertz CT molecular complexity index is 765. The molecule has 0 saturated carbocycles. The quantitative estimate of drug-likeness (QED) is 0.179. The van der Waals surface area contributed by atoms with Crippen LogP contribution >= 0.6 is 0 Å². The number of hydrogen-bond donors (Lipinski definition) is 1. The standard InChI is InChI=1S/C20H26N2O5/c1-13(2)11-18(22-27-6)14(3)21-19(23)16-10-8-7-9-15(16)17(12-25-4)20(24)26-5/h7-10,12,19,23H,1,11H2,2-6H3. The summed E-state index contributed by atoms with van der Waals surface area (Å²) in [4.78, 5) is 21.2. The molecule has 7 nitrogen and oxygen atoms in total. The average Bonchev–Trinajstić information content (AvgIpc) is 2.64. The molecule has 1 rings (SSSR count). The Labute approximate surface area is 159 Å². The van der Waals surface area contributed by atoms with Crippen LogP contribution in [0.2, 0.25) is 0 Å². The predicted octanol–water partition coefficient (Wildman–Crippen LogP) is 3.27. The maximum Gasteiger partial charge on any atom is 0.341 e. The molecule has 7 heteroatoms. The normalized spacial score (nSPS) is 13.8. The second-order valence-corrected chi connectivity index (χ2v) is 5.79. The molecular formula is C20H26N2O5. The van der Waals surface area contributed by atoms with Crippen molar-refractivity contribution in [2.24, 2.45) is 10.1 Å². The summed E-state index contributed by atoms with van der Waals surface area (Å²) in [5.41, 5.74) is 3.00. The number of allylic oxidation sites excluding steroid dienone is 1. The third-order valence-corrected chi connectivity index (χ3v) is 3.57. The van der Waals surface area contributed by atoms with Gasteiger partial charge in [-0.1, -0.05) is 41.6 Å². The van der Waals surface area contributed by atoms with Crippen LogP contribution in [-0.4, -0.2) is 43.8 Å². The number of ether oxygens (including phenoxy) is 2. The summed E-state index contributed by atoms with van der Waals surface area (Å²) in [5.74, 6) is -0.582. The second kappa shape index (κ2) is 10.9. The Hall–Kier alpha value is -2.93. The van der Waals surface area contributed by atoms with Crippen molar-refractivity contribution in [3.8, 4) is 0 Å². The maximum atomic E-state index is 12.1. The number of aliphatic imine (C=N–C) groups is 1. The van der Waals surface area contributed by atoms with E-state index in [1.165, 1.54) is 27.6 Å². The van der Waals surface area contributed by atoms with Gasteiger partial charge in [0.1, 0.15) is 18.4 Å². The fourth-order valence-corrected chi connectivity index (χ4v) is 2.37. The minimum atomic E-state index is -1.22. The number of rotatable bonds is 9. The van der Waals surface area contributed by atoms with Gasteiger partial charge in [-0.15, -0.1) is 0 Å². The molecule has 0 spiro atoms. The highest BCUT2D eigenvalue weighted by molar-refractivity contribution is 6.41. The van der Waals surface area contributed by atoms with Gasteiger partial charge in [-0.05, 0) is 19.4 Å². The van der Waals surface area contributed by atoms with Crippen LogP contribution in [0.15, 0.2) is 52.8 Å². The van der Waals surface area contributed by atoms with E-state index in [0.29, 0.717) is 29.0 Å². The Morgan fingerprint density at radius 1 is 1.26 bits per heavy atom. The van der Waals surface area contributed by atoms with Gasteiger partial charge in [-0.3, -0.25) is 4.99 Å². The molecule has 1 atom stereocenters. The SMILES string of the molecule is C=C(C)CC(=NOC)C(C)=NC(O)c1ccccc1C(=COC)C(=O)OC.